The van der Waals surface area contributed by atoms with E-state index >= 15 is 0 Å². The highest BCUT2D eigenvalue weighted by atomic mass is 15.1. The second kappa shape index (κ2) is 23.0. The van der Waals surface area contributed by atoms with E-state index in [-0.39, 0.29) is 0 Å². The van der Waals surface area contributed by atoms with Crippen LogP contribution in [0.15, 0.2) is 242 Å². The van der Waals surface area contributed by atoms with Crippen molar-refractivity contribution in [3.05, 3.63) is 328 Å². The van der Waals surface area contributed by atoms with E-state index in [0.717, 1.165) is 39.7 Å². The predicted octanol–water partition coefficient (Wildman–Crippen LogP) is 21.3. The van der Waals surface area contributed by atoms with Gasteiger partial charge in [0.25, 0.3) is 0 Å². The maximum atomic E-state index is 2.43. The van der Waals surface area contributed by atoms with Crippen molar-refractivity contribution in [3.8, 4) is 0 Å². The fraction of sp³-hybridized carbons (Fsp3) is 0.165. The Morgan fingerprint density at radius 3 is 0.938 bits per heavy atom. The summed E-state index contributed by atoms with van der Waals surface area (Å²) in [5.41, 5.74) is 21.0. The molecule has 0 atom stereocenters. The molecule has 10 aromatic rings. The molecule has 3 aliphatic carbocycles. The summed E-state index contributed by atoms with van der Waals surface area (Å²) in [6.07, 6.45) is 20.1. The maximum absolute atomic E-state index is 2.43. The summed E-state index contributed by atoms with van der Waals surface area (Å²) in [5, 5.41) is 9.68. The molecule has 0 N–H and O–H groups in total. The van der Waals surface area contributed by atoms with Crippen LogP contribution in [0.25, 0.3) is 23.8 Å². The summed E-state index contributed by atoms with van der Waals surface area (Å²) in [4.78, 5) is 4.81. The first-order chi connectivity index (χ1) is 39.8. The van der Waals surface area contributed by atoms with E-state index in [1.165, 1.54) is 150 Å². The minimum Gasteiger partial charge on any atom is -0.310 e. The highest BCUT2D eigenvalue weighted by Gasteiger charge is 2.17. The molecule has 2 heteroatoms. The molecule has 0 aromatic heterocycles. The van der Waals surface area contributed by atoms with Gasteiger partial charge in [-0.2, -0.15) is 0 Å². The van der Waals surface area contributed by atoms with Crippen LogP contribution in [-0.4, -0.2) is 0 Å². The summed E-state index contributed by atoms with van der Waals surface area (Å²) in [7, 11) is 0. The molecule has 0 unspecified atom stereocenters. The smallest absolute Gasteiger partial charge is 0.0468 e. The SMILES string of the molecule is Cc1ccc(N(c2ccc(C)cc2)c2ccc3c(c2)=c2ccccc2=c2ccc(N(c4ccc(C)cc4)c4ccc(C=C(c5ccc(C=C6CCCCC6)cc5)c5ccc(C=C6CCCCC6)cc5)cc4)cc2=c2ccccc2=3)cc1. The Morgan fingerprint density at radius 2 is 0.580 bits per heavy atom. The van der Waals surface area contributed by atoms with E-state index in [0.29, 0.717) is 0 Å². The normalized spacial score (nSPS) is 13.6. The summed E-state index contributed by atoms with van der Waals surface area (Å²) in [6.45, 7) is 6.47. The number of allylic oxidation sites excluding steroid dienone is 2. The second-order valence-electron chi connectivity index (χ2n) is 22.8. The summed E-state index contributed by atoms with van der Waals surface area (Å²) >= 11 is 0. The van der Waals surface area contributed by atoms with Gasteiger partial charge in [0.1, 0.15) is 0 Å². The van der Waals surface area contributed by atoms with Crippen LogP contribution in [0.5, 0.6) is 0 Å². The number of rotatable bonds is 11. The molecule has 2 nitrogen and oxygen atoms in total. The average Bonchev–Trinajstić information content (AvgIpc) is 3.57. The van der Waals surface area contributed by atoms with Gasteiger partial charge in [0.15, 0.2) is 0 Å². The third-order valence-electron chi connectivity index (χ3n) is 17.1. The zero-order chi connectivity index (χ0) is 54.7. The van der Waals surface area contributed by atoms with Crippen LogP contribution in [0.3, 0.4) is 0 Å². The molecule has 13 rings (SSSR count). The number of anilines is 6. The number of hydrogen-bond acceptors (Lipinski definition) is 2. The van der Waals surface area contributed by atoms with E-state index in [2.05, 4.69) is 279 Å². The van der Waals surface area contributed by atoms with Gasteiger partial charge in [0, 0.05) is 34.1 Å². The third kappa shape index (κ3) is 11.0. The monoisotopic (exact) mass is 1050 g/mol. The molecule has 0 spiro atoms. The van der Waals surface area contributed by atoms with Crippen molar-refractivity contribution in [1.29, 1.82) is 0 Å². The van der Waals surface area contributed by atoms with E-state index in [9.17, 15) is 0 Å². The van der Waals surface area contributed by atoms with Crippen LogP contribution in [0, 0.1) is 62.5 Å². The molecule has 10 aromatic carbocycles. The standard InChI is InChI=1S/C79H70N2/c1-55-22-38-65(39-23-55)80(66-40-24-56(2)25-41-66)69-46-48-75-72-19-11-13-21-74(72)79-54-70(47-49-76(79)71-18-10-12-20-73(71)78(75)53-69)81(67-42-26-57(3)27-43-67)68-44-32-62(33-45-68)52-77(63-34-28-60(29-35-63)50-58-14-6-4-7-15-58)64-36-30-61(31-37-64)51-59-16-8-5-9-17-59/h10-13,18-54H,4-9,14-17H2,1-3H3. The van der Waals surface area contributed by atoms with E-state index in [1.54, 1.807) is 11.1 Å². The second-order valence-corrected chi connectivity index (χ2v) is 22.8. The molecular weight excluding hydrogens is 977 g/mol. The van der Waals surface area contributed by atoms with Crippen molar-refractivity contribution >= 4 is 57.9 Å². The average molecular weight is 1050 g/mol. The third-order valence-corrected chi connectivity index (χ3v) is 17.1. The molecule has 0 saturated heterocycles. The zero-order valence-electron chi connectivity index (χ0n) is 47.1. The van der Waals surface area contributed by atoms with Gasteiger partial charge in [-0.15, -0.1) is 0 Å². The number of hydrogen-bond donors (Lipinski definition) is 0. The lowest BCUT2D eigenvalue weighted by molar-refractivity contribution is 0.602. The van der Waals surface area contributed by atoms with Gasteiger partial charge in [0.2, 0.25) is 0 Å². The van der Waals surface area contributed by atoms with Crippen LogP contribution in [0.4, 0.5) is 34.1 Å². The summed E-state index contributed by atoms with van der Waals surface area (Å²) < 4.78 is 0. The van der Waals surface area contributed by atoms with Crippen LogP contribution in [0.1, 0.15) is 109 Å². The number of aryl methyl sites for hydroxylation is 3. The lowest BCUT2D eigenvalue weighted by Crippen LogP contribution is -2.10. The van der Waals surface area contributed by atoms with Gasteiger partial charge >= 0.3 is 0 Å². The van der Waals surface area contributed by atoms with Crippen LogP contribution in [-0.2, 0) is 0 Å². The Labute approximate surface area is 478 Å². The van der Waals surface area contributed by atoms with Crippen molar-refractivity contribution in [2.24, 2.45) is 0 Å². The zero-order valence-corrected chi connectivity index (χ0v) is 47.1. The topological polar surface area (TPSA) is 6.48 Å². The highest BCUT2D eigenvalue weighted by molar-refractivity contribution is 5.92. The Morgan fingerprint density at radius 1 is 0.284 bits per heavy atom. The molecule has 81 heavy (non-hydrogen) atoms. The molecule has 2 saturated carbocycles. The minimum absolute atomic E-state index is 1.10. The largest absolute Gasteiger partial charge is 0.310 e. The lowest BCUT2D eigenvalue weighted by atomic mass is 9.91. The predicted molar refractivity (Wildman–Crippen MR) is 342 cm³/mol. The van der Waals surface area contributed by atoms with Gasteiger partial charge < -0.3 is 9.80 Å². The molecule has 2 fully saturated rings. The van der Waals surface area contributed by atoms with Gasteiger partial charge in [-0.3, -0.25) is 0 Å². The molecular formula is C79H70N2. The van der Waals surface area contributed by atoms with Crippen LogP contribution >= 0.6 is 0 Å². The summed E-state index contributed by atoms with van der Waals surface area (Å²) in [6, 6.07) is 86.6. The first-order valence-corrected chi connectivity index (χ1v) is 29.5. The van der Waals surface area contributed by atoms with Crippen molar-refractivity contribution in [3.63, 3.8) is 0 Å². The fourth-order valence-corrected chi connectivity index (χ4v) is 12.6. The van der Waals surface area contributed by atoms with Gasteiger partial charge in [0.05, 0.1) is 0 Å². The van der Waals surface area contributed by atoms with E-state index in [1.807, 2.05) is 0 Å². The summed E-state index contributed by atoms with van der Waals surface area (Å²) in [5.74, 6) is 0. The van der Waals surface area contributed by atoms with Crippen molar-refractivity contribution in [2.75, 3.05) is 9.80 Å². The lowest BCUT2D eigenvalue weighted by Gasteiger charge is -2.26. The van der Waals surface area contributed by atoms with Crippen LogP contribution < -0.4 is 9.80 Å². The first kappa shape index (κ1) is 51.5. The number of fused-ring (bicyclic) bond motifs is 4. The number of benzene rings is 10. The quantitative estimate of drug-likeness (QED) is 0.119. The van der Waals surface area contributed by atoms with Gasteiger partial charge in [-0.25, -0.2) is 0 Å². The molecule has 0 amide bonds. The molecule has 0 aliphatic heterocycles. The minimum atomic E-state index is 1.10. The van der Waals surface area contributed by atoms with E-state index < -0.39 is 0 Å². The molecule has 3 aliphatic rings. The van der Waals surface area contributed by atoms with Crippen molar-refractivity contribution in [2.45, 2.75) is 85.0 Å². The fourth-order valence-electron chi connectivity index (χ4n) is 12.6. The van der Waals surface area contributed by atoms with Gasteiger partial charge in [-0.1, -0.05) is 211 Å². The Kier molecular flexibility index (Phi) is 14.6. The Bertz CT molecular complexity index is 4300. The first-order valence-electron chi connectivity index (χ1n) is 29.5. The van der Waals surface area contributed by atoms with Crippen LogP contribution in [0.2, 0.25) is 0 Å². The van der Waals surface area contributed by atoms with Crippen molar-refractivity contribution < 1.29 is 0 Å². The molecule has 396 valence electrons. The van der Waals surface area contributed by atoms with Gasteiger partial charge in [-0.05, 0) is 226 Å². The Hall–Kier alpha value is -8.98. The van der Waals surface area contributed by atoms with Crippen molar-refractivity contribution in [1.82, 2.24) is 0 Å². The molecule has 0 radical (unpaired) electrons. The number of nitrogens with zero attached hydrogens (tertiary/aromatic N) is 2. The highest BCUT2D eigenvalue weighted by Crippen LogP contribution is 2.39. The molecule has 0 bridgehead atoms. The van der Waals surface area contributed by atoms with E-state index in [4.69, 9.17) is 0 Å². The Balaban J connectivity index is 0.942. The maximum Gasteiger partial charge on any atom is 0.0468 e. The molecule has 0 heterocycles.